The second-order valence-electron chi connectivity index (χ2n) is 7.97. The van der Waals surface area contributed by atoms with Gasteiger partial charge in [0.1, 0.15) is 11.4 Å². The number of halogens is 5. The summed E-state index contributed by atoms with van der Waals surface area (Å²) >= 11 is 12.6. The molecule has 0 aliphatic rings. The smallest absolute Gasteiger partial charge is 0.456 e. The summed E-state index contributed by atoms with van der Waals surface area (Å²) in [6.45, 7) is 5.06. The Balaban J connectivity index is 2.06. The maximum atomic E-state index is 13.3. The normalized spacial score (nSPS) is 12.2. The molecule has 0 bridgehead atoms. The second-order valence-corrected chi connectivity index (χ2v) is 8.76. The van der Waals surface area contributed by atoms with Gasteiger partial charge >= 0.3 is 12.3 Å². The van der Waals surface area contributed by atoms with Crippen LogP contribution in [0.15, 0.2) is 36.4 Å². The van der Waals surface area contributed by atoms with E-state index in [-0.39, 0.29) is 26.9 Å². The molecule has 0 aliphatic heterocycles. The van der Waals surface area contributed by atoms with Crippen molar-refractivity contribution in [2.75, 3.05) is 0 Å². The van der Waals surface area contributed by atoms with Gasteiger partial charge in [-0.25, -0.2) is 4.79 Å². The number of ketones is 1. The Morgan fingerprint density at radius 2 is 1.66 bits per heavy atom. The SMILES string of the molecule is Cn1c(C(=O)c2c(Cl)ccc(C(=O)OC(C)(C)C)c2Cl)cc2ccc(OC(F)(F)F)cc21. The average Bonchev–Trinajstić information content (AvgIpc) is 2.95. The van der Waals surface area contributed by atoms with Gasteiger partial charge in [0.05, 0.1) is 32.4 Å². The van der Waals surface area contributed by atoms with Crippen LogP contribution < -0.4 is 4.74 Å². The molecule has 0 saturated carbocycles. The van der Waals surface area contributed by atoms with Crippen LogP contribution in [0.2, 0.25) is 10.0 Å². The Kier molecular flexibility index (Phi) is 6.23. The summed E-state index contributed by atoms with van der Waals surface area (Å²) in [4.78, 5) is 25.8. The van der Waals surface area contributed by atoms with Crippen molar-refractivity contribution in [3.63, 3.8) is 0 Å². The van der Waals surface area contributed by atoms with Crippen LogP contribution in [0.5, 0.6) is 5.75 Å². The van der Waals surface area contributed by atoms with E-state index < -0.39 is 29.5 Å². The third-order valence-electron chi connectivity index (χ3n) is 4.42. The van der Waals surface area contributed by atoms with Crippen LogP contribution in [0, 0.1) is 0 Å². The number of benzene rings is 2. The van der Waals surface area contributed by atoms with E-state index in [1.54, 1.807) is 20.8 Å². The minimum absolute atomic E-state index is 0.0126. The molecule has 0 N–H and O–H groups in total. The molecular weight excluding hydrogens is 470 g/mol. The Hall–Kier alpha value is -2.71. The average molecular weight is 488 g/mol. The number of aromatic nitrogens is 1. The van der Waals surface area contributed by atoms with Gasteiger partial charge in [-0.2, -0.15) is 0 Å². The molecule has 3 aromatic rings. The molecule has 0 saturated heterocycles. The van der Waals surface area contributed by atoms with Crippen molar-refractivity contribution in [3.8, 4) is 5.75 Å². The first-order valence-electron chi connectivity index (χ1n) is 9.29. The summed E-state index contributed by atoms with van der Waals surface area (Å²) in [5.74, 6) is -1.75. The first-order chi connectivity index (χ1) is 14.7. The zero-order chi connectivity index (χ0) is 24.0. The lowest BCUT2D eigenvalue weighted by atomic mass is 10.0. The molecule has 2 aromatic carbocycles. The lowest BCUT2D eigenvalue weighted by molar-refractivity contribution is -0.274. The standard InChI is InChI=1S/C22H18Cl2F3NO4/c1-21(2,3)32-20(30)13-7-8-14(23)17(18(13)24)19(29)16-9-11-5-6-12(31-22(25,26)27)10-15(11)28(16)4/h5-10H,1-4H3. The number of ether oxygens (including phenoxy) is 2. The minimum Gasteiger partial charge on any atom is -0.456 e. The summed E-state index contributed by atoms with van der Waals surface area (Å²) in [5.41, 5.74) is -0.501. The van der Waals surface area contributed by atoms with E-state index in [1.807, 2.05) is 0 Å². The Labute approximate surface area is 191 Å². The molecule has 0 unspecified atom stereocenters. The van der Waals surface area contributed by atoms with Crippen LogP contribution >= 0.6 is 23.2 Å². The van der Waals surface area contributed by atoms with Gasteiger partial charge in [-0.15, -0.1) is 13.2 Å². The zero-order valence-electron chi connectivity index (χ0n) is 17.4. The van der Waals surface area contributed by atoms with Gasteiger partial charge in [0, 0.05) is 18.5 Å². The Bertz CT molecular complexity index is 1230. The summed E-state index contributed by atoms with van der Waals surface area (Å²) in [7, 11) is 1.51. The molecule has 1 heterocycles. The van der Waals surface area contributed by atoms with Crippen LogP contribution in [-0.4, -0.2) is 28.3 Å². The number of fused-ring (bicyclic) bond motifs is 1. The number of rotatable bonds is 4. The predicted octanol–water partition coefficient (Wildman–Crippen LogP) is 6.57. The summed E-state index contributed by atoms with van der Waals surface area (Å²) in [6.07, 6.45) is -4.85. The second kappa shape index (κ2) is 8.33. The fourth-order valence-electron chi connectivity index (χ4n) is 3.10. The third kappa shape index (κ3) is 5.02. The van der Waals surface area contributed by atoms with Crippen molar-refractivity contribution >= 4 is 45.9 Å². The number of nitrogens with zero attached hydrogens (tertiary/aromatic N) is 1. The predicted molar refractivity (Wildman–Crippen MR) is 115 cm³/mol. The summed E-state index contributed by atoms with van der Waals surface area (Å²) in [6, 6.07) is 7.91. The highest BCUT2D eigenvalue weighted by Crippen LogP contribution is 2.34. The monoisotopic (exact) mass is 487 g/mol. The van der Waals surface area contributed by atoms with Crippen molar-refractivity contribution in [2.24, 2.45) is 7.05 Å². The molecule has 0 radical (unpaired) electrons. The molecular formula is C22H18Cl2F3NO4. The first kappa shape index (κ1) is 23.9. The molecule has 0 atom stereocenters. The lowest BCUT2D eigenvalue weighted by Gasteiger charge is -2.20. The van der Waals surface area contributed by atoms with Crippen LogP contribution in [0.25, 0.3) is 10.9 Å². The number of hydrogen-bond donors (Lipinski definition) is 0. The number of carbonyl (C=O) groups is 2. The fourth-order valence-corrected chi connectivity index (χ4v) is 3.72. The molecule has 10 heteroatoms. The van der Waals surface area contributed by atoms with E-state index in [1.165, 1.54) is 41.9 Å². The van der Waals surface area contributed by atoms with Crippen molar-refractivity contribution in [1.82, 2.24) is 4.57 Å². The molecule has 0 aliphatic carbocycles. The van der Waals surface area contributed by atoms with Gasteiger partial charge in [0.15, 0.2) is 0 Å². The van der Waals surface area contributed by atoms with Crippen molar-refractivity contribution in [3.05, 3.63) is 63.3 Å². The molecule has 5 nitrogen and oxygen atoms in total. The van der Waals surface area contributed by atoms with Crippen molar-refractivity contribution in [1.29, 1.82) is 0 Å². The van der Waals surface area contributed by atoms with Crippen LogP contribution in [0.3, 0.4) is 0 Å². The van der Waals surface area contributed by atoms with Gasteiger partial charge in [-0.3, -0.25) is 4.79 Å². The molecule has 32 heavy (non-hydrogen) atoms. The molecule has 0 spiro atoms. The zero-order valence-corrected chi connectivity index (χ0v) is 18.9. The first-order valence-corrected chi connectivity index (χ1v) is 10.0. The number of hydrogen-bond acceptors (Lipinski definition) is 4. The highest BCUT2D eigenvalue weighted by atomic mass is 35.5. The lowest BCUT2D eigenvalue weighted by Crippen LogP contribution is -2.24. The van der Waals surface area contributed by atoms with Gasteiger partial charge < -0.3 is 14.0 Å². The maximum absolute atomic E-state index is 13.3. The molecule has 0 amide bonds. The van der Waals surface area contributed by atoms with Gasteiger partial charge in [0.25, 0.3) is 0 Å². The van der Waals surface area contributed by atoms with E-state index in [9.17, 15) is 22.8 Å². The van der Waals surface area contributed by atoms with Crippen molar-refractivity contribution < 1.29 is 32.2 Å². The molecule has 3 rings (SSSR count). The largest absolute Gasteiger partial charge is 0.573 e. The van der Waals surface area contributed by atoms with E-state index >= 15 is 0 Å². The van der Waals surface area contributed by atoms with E-state index in [4.69, 9.17) is 27.9 Å². The van der Waals surface area contributed by atoms with E-state index in [2.05, 4.69) is 4.74 Å². The summed E-state index contributed by atoms with van der Waals surface area (Å²) < 4.78 is 48.3. The highest BCUT2D eigenvalue weighted by Gasteiger charge is 2.31. The number of aryl methyl sites for hydroxylation is 1. The molecule has 170 valence electrons. The van der Waals surface area contributed by atoms with Crippen molar-refractivity contribution in [2.45, 2.75) is 32.7 Å². The van der Waals surface area contributed by atoms with Crippen LogP contribution in [0.4, 0.5) is 13.2 Å². The van der Waals surface area contributed by atoms with Gasteiger partial charge in [-0.1, -0.05) is 23.2 Å². The third-order valence-corrected chi connectivity index (χ3v) is 5.13. The molecule has 0 fully saturated rings. The Morgan fingerprint density at radius 1 is 1.00 bits per heavy atom. The fraction of sp³-hybridized carbons (Fsp3) is 0.273. The minimum atomic E-state index is -4.85. The number of alkyl halides is 3. The Morgan fingerprint density at radius 3 is 2.25 bits per heavy atom. The quantitative estimate of drug-likeness (QED) is 0.308. The number of carbonyl (C=O) groups excluding carboxylic acids is 2. The van der Waals surface area contributed by atoms with Crippen LogP contribution in [0.1, 0.15) is 47.2 Å². The van der Waals surface area contributed by atoms with E-state index in [0.29, 0.717) is 10.9 Å². The topological polar surface area (TPSA) is 57.5 Å². The van der Waals surface area contributed by atoms with Gasteiger partial charge in [0.2, 0.25) is 5.78 Å². The maximum Gasteiger partial charge on any atom is 0.573 e. The van der Waals surface area contributed by atoms with E-state index in [0.717, 1.165) is 6.07 Å². The van der Waals surface area contributed by atoms with Gasteiger partial charge in [-0.05, 0) is 51.1 Å². The highest BCUT2D eigenvalue weighted by molar-refractivity contribution is 6.42. The summed E-state index contributed by atoms with van der Waals surface area (Å²) in [5, 5.41) is 0.336. The number of esters is 1. The van der Waals surface area contributed by atoms with Crippen LogP contribution in [-0.2, 0) is 11.8 Å². The molecule has 1 aromatic heterocycles.